The smallest absolute Gasteiger partial charge is 0.329 e. The summed E-state index contributed by atoms with van der Waals surface area (Å²) in [5.74, 6) is -0.0598. The maximum atomic E-state index is 11.9. The van der Waals surface area contributed by atoms with Crippen molar-refractivity contribution in [3.8, 4) is 22.6 Å². The number of esters is 2. The molecule has 0 aliphatic heterocycles. The first-order chi connectivity index (χ1) is 13.2. The largest absolute Gasteiger partial charge is 0.425 e. The van der Waals surface area contributed by atoms with Crippen LogP contribution in [0.2, 0.25) is 0 Å². The number of carbonyl (C=O) groups is 2. The Morgan fingerprint density at radius 3 is 1.18 bits per heavy atom. The summed E-state index contributed by atoms with van der Waals surface area (Å²) in [6.07, 6.45) is 0. The van der Waals surface area contributed by atoms with E-state index in [1.54, 1.807) is 24.3 Å². The molecule has 0 heterocycles. The second-order valence-electron chi connectivity index (χ2n) is 7.18. The average molecular weight is 423 g/mol. The minimum absolute atomic E-state index is 0.00401. The minimum Gasteiger partial charge on any atom is -0.425 e. The van der Waals surface area contributed by atoms with Crippen LogP contribution in [-0.2, 0) is 9.59 Å². The quantitative estimate of drug-likeness (QED) is 0.326. The van der Waals surface area contributed by atoms with Gasteiger partial charge in [-0.05, 0) is 47.2 Å². The molecule has 0 radical (unpaired) electrons. The van der Waals surface area contributed by atoms with Crippen molar-refractivity contribution in [2.45, 2.75) is 38.4 Å². The fourth-order valence-corrected chi connectivity index (χ4v) is 2.41. The zero-order chi connectivity index (χ0) is 20.8. The van der Waals surface area contributed by atoms with E-state index in [4.69, 9.17) is 32.7 Å². The zero-order valence-corrected chi connectivity index (χ0v) is 17.8. The van der Waals surface area contributed by atoms with Crippen molar-refractivity contribution >= 4 is 35.1 Å². The molecule has 2 atom stereocenters. The van der Waals surface area contributed by atoms with Gasteiger partial charge in [0.25, 0.3) is 0 Å². The lowest BCUT2D eigenvalue weighted by Gasteiger charge is -2.13. The molecular formula is C22H24Cl2O4. The summed E-state index contributed by atoms with van der Waals surface area (Å²) in [5, 5.41) is -1.36. The summed E-state index contributed by atoms with van der Waals surface area (Å²) in [4.78, 5) is 23.8. The van der Waals surface area contributed by atoms with Crippen LogP contribution in [0.15, 0.2) is 48.5 Å². The van der Waals surface area contributed by atoms with E-state index in [-0.39, 0.29) is 11.8 Å². The van der Waals surface area contributed by atoms with E-state index >= 15 is 0 Å². The first-order valence-electron chi connectivity index (χ1n) is 9.11. The van der Waals surface area contributed by atoms with Gasteiger partial charge in [0, 0.05) is 0 Å². The van der Waals surface area contributed by atoms with Gasteiger partial charge in [0.1, 0.15) is 22.3 Å². The predicted octanol–water partition coefficient (Wildman–Crippen LogP) is 5.69. The standard InChI is InChI=1S/C22H24Cl2O4/c1-13(2)19(23)21(25)27-17-9-5-15(6-10-17)16-7-11-18(12-8-16)28-22(26)20(24)14(3)4/h5-14,19-20H,1-4H3/t19-,20-/m0/s1. The molecule has 0 aliphatic rings. The highest BCUT2D eigenvalue weighted by Crippen LogP contribution is 2.26. The number of benzene rings is 2. The van der Waals surface area contributed by atoms with Crippen LogP contribution in [0.5, 0.6) is 11.5 Å². The monoisotopic (exact) mass is 422 g/mol. The van der Waals surface area contributed by atoms with Crippen molar-refractivity contribution in [2.24, 2.45) is 11.8 Å². The van der Waals surface area contributed by atoms with Gasteiger partial charge in [-0.2, -0.15) is 0 Å². The molecule has 2 rings (SSSR count). The Balaban J connectivity index is 2.02. The van der Waals surface area contributed by atoms with Crippen LogP contribution < -0.4 is 9.47 Å². The van der Waals surface area contributed by atoms with Gasteiger partial charge in [0.15, 0.2) is 0 Å². The van der Waals surface area contributed by atoms with Crippen LogP contribution in [-0.4, -0.2) is 22.7 Å². The van der Waals surface area contributed by atoms with E-state index in [2.05, 4.69) is 0 Å². The molecule has 28 heavy (non-hydrogen) atoms. The topological polar surface area (TPSA) is 52.6 Å². The average Bonchev–Trinajstić information content (AvgIpc) is 2.67. The number of rotatable bonds is 7. The molecule has 0 aromatic heterocycles. The van der Waals surface area contributed by atoms with Crippen LogP contribution in [0, 0.1) is 11.8 Å². The van der Waals surface area contributed by atoms with E-state index in [0.717, 1.165) is 11.1 Å². The molecule has 0 fully saturated rings. The van der Waals surface area contributed by atoms with Crippen molar-refractivity contribution in [3.63, 3.8) is 0 Å². The van der Waals surface area contributed by atoms with E-state index in [9.17, 15) is 9.59 Å². The van der Waals surface area contributed by atoms with Crippen LogP contribution >= 0.6 is 23.2 Å². The summed E-state index contributed by atoms with van der Waals surface area (Å²) in [6.45, 7) is 7.44. The normalized spacial score (nSPS) is 13.3. The molecule has 6 heteroatoms. The number of carbonyl (C=O) groups excluding carboxylic acids is 2. The molecule has 2 aromatic carbocycles. The Morgan fingerprint density at radius 1 is 0.643 bits per heavy atom. The molecule has 0 unspecified atom stereocenters. The second kappa shape index (κ2) is 9.94. The van der Waals surface area contributed by atoms with E-state index in [0.29, 0.717) is 11.5 Å². The van der Waals surface area contributed by atoms with Crippen LogP contribution in [0.25, 0.3) is 11.1 Å². The first kappa shape index (κ1) is 22.3. The van der Waals surface area contributed by atoms with E-state index in [1.165, 1.54) is 0 Å². The second-order valence-corrected chi connectivity index (χ2v) is 8.12. The number of alkyl halides is 2. The van der Waals surface area contributed by atoms with Gasteiger partial charge in [-0.3, -0.25) is 9.59 Å². The summed E-state index contributed by atoms with van der Waals surface area (Å²) in [5.41, 5.74) is 1.86. The Morgan fingerprint density at radius 2 is 0.929 bits per heavy atom. The van der Waals surface area contributed by atoms with Gasteiger partial charge in [-0.15, -0.1) is 23.2 Å². The molecule has 0 N–H and O–H groups in total. The molecule has 0 bridgehead atoms. The molecule has 4 nitrogen and oxygen atoms in total. The lowest BCUT2D eigenvalue weighted by molar-refractivity contribution is -0.135. The summed E-state index contributed by atoms with van der Waals surface area (Å²) >= 11 is 12.0. The van der Waals surface area contributed by atoms with Crippen molar-refractivity contribution in [2.75, 3.05) is 0 Å². The van der Waals surface area contributed by atoms with Crippen molar-refractivity contribution < 1.29 is 19.1 Å². The fourth-order valence-electron chi connectivity index (χ4n) is 2.32. The van der Waals surface area contributed by atoms with Crippen molar-refractivity contribution in [3.05, 3.63) is 48.5 Å². The Kier molecular flexibility index (Phi) is 7.90. The molecule has 2 aromatic rings. The predicted molar refractivity (Wildman–Crippen MR) is 112 cm³/mol. The molecule has 150 valence electrons. The maximum absolute atomic E-state index is 11.9. The summed E-state index contributed by atoms with van der Waals surface area (Å²) in [6, 6.07) is 14.2. The van der Waals surface area contributed by atoms with Crippen LogP contribution in [0.3, 0.4) is 0 Å². The third-order valence-electron chi connectivity index (χ3n) is 4.10. The van der Waals surface area contributed by atoms with Gasteiger partial charge < -0.3 is 9.47 Å². The molecule has 0 spiro atoms. The SMILES string of the molecule is CC(C)[C@H](Cl)C(=O)Oc1ccc(-c2ccc(OC(=O)[C@@H](Cl)C(C)C)cc2)cc1. The lowest BCUT2D eigenvalue weighted by atomic mass is 10.1. The van der Waals surface area contributed by atoms with E-state index < -0.39 is 22.7 Å². The molecule has 0 saturated carbocycles. The molecule has 0 aliphatic carbocycles. The van der Waals surface area contributed by atoms with Crippen molar-refractivity contribution in [1.29, 1.82) is 0 Å². The van der Waals surface area contributed by atoms with Crippen LogP contribution in [0.4, 0.5) is 0 Å². The van der Waals surface area contributed by atoms with Crippen LogP contribution in [0.1, 0.15) is 27.7 Å². The first-order valence-corrected chi connectivity index (χ1v) is 9.98. The minimum atomic E-state index is -0.682. The zero-order valence-electron chi connectivity index (χ0n) is 16.3. The van der Waals surface area contributed by atoms with Gasteiger partial charge in [-0.25, -0.2) is 0 Å². The highest BCUT2D eigenvalue weighted by Gasteiger charge is 2.22. The van der Waals surface area contributed by atoms with Gasteiger partial charge in [0.05, 0.1) is 0 Å². The Labute approximate surface area is 175 Å². The van der Waals surface area contributed by atoms with E-state index in [1.807, 2.05) is 52.0 Å². The fraction of sp³-hybridized carbons (Fsp3) is 0.364. The number of hydrogen-bond donors (Lipinski definition) is 0. The van der Waals surface area contributed by atoms with Gasteiger partial charge in [0.2, 0.25) is 0 Å². The summed E-state index contributed by atoms with van der Waals surface area (Å²) < 4.78 is 10.6. The summed E-state index contributed by atoms with van der Waals surface area (Å²) in [7, 11) is 0. The molecular weight excluding hydrogens is 399 g/mol. The number of ether oxygens (including phenoxy) is 2. The number of hydrogen-bond acceptors (Lipinski definition) is 4. The van der Waals surface area contributed by atoms with Gasteiger partial charge in [-0.1, -0.05) is 52.0 Å². The molecule has 0 amide bonds. The maximum Gasteiger partial charge on any atom is 0.329 e. The lowest BCUT2D eigenvalue weighted by Crippen LogP contribution is -2.25. The Hall–Kier alpha value is -2.04. The Bertz CT molecular complexity index is 729. The number of halogens is 2. The highest BCUT2D eigenvalue weighted by atomic mass is 35.5. The van der Waals surface area contributed by atoms with Gasteiger partial charge >= 0.3 is 11.9 Å². The van der Waals surface area contributed by atoms with Crippen molar-refractivity contribution in [1.82, 2.24) is 0 Å². The third kappa shape index (κ3) is 5.98. The third-order valence-corrected chi connectivity index (χ3v) is 5.46. The molecule has 0 saturated heterocycles. The highest BCUT2D eigenvalue weighted by molar-refractivity contribution is 6.30.